The maximum absolute atomic E-state index is 13.7. The lowest BCUT2D eigenvalue weighted by Gasteiger charge is -2.06. The quantitative estimate of drug-likeness (QED) is 0.742. The van der Waals surface area contributed by atoms with Crippen molar-refractivity contribution in [3.63, 3.8) is 0 Å². The van der Waals surface area contributed by atoms with Crippen molar-refractivity contribution in [3.8, 4) is 11.4 Å². The fraction of sp³-hybridized carbons (Fsp3) is 0. The van der Waals surface area contributed by atoms with E-state index in [2.05, 4.69) is 9.97 Å². The van der Waals surface area contributed by atoms with Gasteiger partial charge in [0.2, 0.25) is 0 Å². The number of hydrogen-bond donors (Lipinski definition) is 1. The Morgan fingerprint density at radius 3 is 2.35 bits per heavy atom. The van der Waals surface area contributed by atoms with E-state index in [-0.39, 0.29) is 5.82 Å². The highest BCUT2D eigenvalue weighted by Gasteiger charge is 2.16. The van der Waals surface area contributed by atoms with Crippen molar-refractivity contribution in [1.82, 2.24) is 9.97 Å². The molecule has 20 heavy (non-hydrogen) atoms. The summed E-state index contributed by atoms with van der Waals surface area (Å²) in [6, 6.07) is 7.46. The number of hydrogen-bond acceptors (Lipinski definition) is 2. The molecular formula is C14H7F3N2O. The van der Waals surface area contributed by atoms with E-state index in [0.717, 1.165) is 0 Å². The van der Waals surface area contributed by atoms with Gasteiger partial charge in [0.15, 0.2) is 0 Å². The molecule has 0 spiro atoms. The van der Waals surface area contributed by atoms with E-state index < -0.39 is 28.6 Å². The first-order chi connectivity index (χ1) is 9.56. The standard InChI is InChI=1S/C14H7F3N2O/c15-7-5-9(16)12(10(17)6-7)13-18-11-4-2-1-3-8(11)14(20)19-13/h1-6H,(H,18,19,20). The van der Waals surface area contributed by atoms with Crippen LogP contribution in [0.3, 0.4) is 0 Å². The zero-order valence-corrected chi connectivity index (χ0v) is 9.95. The molecule has 0 atom stereocenters. The summed E-state index contributed by atoms with van der Waals surface area (Å²) < 4.78 is 40.3. The van der Waals surface area contributed by atoms with Crippen molar-refractivity contribution in [2.75, 3.05) is 0 Å². The second-order valence-corrected chi connectivity index (χ2v) is 4.18. The SMILES string of the molecule is O=c1[nH]c(-c2c(F)cc(F)cc2F)nc2ccccc12. The minimum atomic E-state index is -1.12. The Labute approximate surface area is 110 Å². The van der Waals surface area contributed by atoms with E-state index in [9.17, 15) is 18.0 Å². The molecule has 3 rings (SSSR count). The molecule has 6 heteroatoms. The van der Waals surface area contributed by atoms with Crippen LogP contribution in [0.5, 0.6) is 0 Å². The highest BCUT2D eigenvalue weighted by molar-refractivity contribution is 5.79. The Hall–Kier alpha value is -2.63. The number of aromatic amines is 1. The number of para-hydroxylation sites is 1. The van der Waals surface area contributed by atoms with Crippen LogP contribution in [0, 0.1) is 17.5 Å². The molecular weight excluding hydrogens is 269 g/mol. The third-order valence-corrected chi connectivity index (χ3v) is 2.86. The molecule has 0 bridgehead atoms. The van der Waals surface area contributed by atoms with Gasteiger partial charge in [-0.15, -0.1) is 0 Å². The molecule has 1 N–H and O–H groups in total. The van der Waals surface area contributed by atoms with Gasteiger partial charge < -0.3 is 4.98 Å². The van der Waals surface area contributed by atoms with Crippen LogP contribution in [0.1, 0.15) is 0 Å². The van der Waals surface area contributed by atoms with Gasteiger partial charge in [-0.05, 0) is 12.1 Å². The first kappa shape index (κ1) is 12.4. The fourth-order valence-electron chi connectivity index (χ4n) is 1.97. The second-order valence-electron chi connectivity index (χ2n) is 4.18. The van der Waals surface area contributed by atoms with Crippen molar-refractivity contribution in [3.05, 3.63) is 64.2 Å². The van der Waals surface area contributed by atoms with Crippen LogP contribution >= 0.6 is 0 Å². The van der Waals surface area contributed by atoms with E-state index in [1.54, 1.807) is 24.3 Å². The summed E-state index contributed by atoms with van der Waals surface area (Å²) in [5.74, 6) is -3.56. The Morgan fingerprint density at radius 2 is 1.65 bits per heavy atom. The summed E-state index contributed by atoms with van der Waals surface area (Å²) in [6.07, 6.45) is 0. The Bertz CT molecular complexity index is 851. The summed E-state index contributed by atoms with van der Waals surface area (Å²) >= 11 is 0. The zero-order valence-electron chi connectivity index (χ0n) is 9.95. The van der Waals surface area contributed by atoms with Gasteiger partial charge in [-0.1, -0.05) is 12.1 Å². The van der Waals surface area contributed by atoms with Gasteiger partial charge in [0.05, 0.1) is 16.5 Å². The van der Waals surface area contributed by atoms with Gasteiger partial charge in [0, 0.05) is 12.1 Å². The Balaban J connectivity index is 2.33. The number of rotatable bonds is 1. The van der Waals surface area contributed by atoms with Gasteiger partial charge in [-0.2, -0.15) is 0 Å². The molecule has 1 heterocycles. The number of H-pyrrole nitrogens is 1. The normalized spacial score (nSPS) is 10.9. The Morgan fingerprint density at radius 1 is 1.00 bits per heavy atom. The molecule has 0 aliphatic rings. The van der Waals surface area contributed by atoms with E-state index in [1.165, 1.54) is 0 Å². The molecule has 0 unspecified atom stereocenters. The monoisotopic (exact) mass is 276 g/mol. The van der Waals surface area contributed by atoms with Crippen LogP contribution < -0.4 is 5.56 Å². The van der Waals surface area contributed by atoms with Crippen LogP contribution in [0.15, 0.2) is 41.2 Å². The number of aromatic nitrogens is 2. The topological polar surface area (TPSA) is 45.8 Å². The van der Waals surface area contributed by atoms with Crippen LogP contribution in [0.2, 0.25) is 0 Å². The summed E-state index contributed by atoms with van der Waals surface area (Å²) in [6.45, 7) is 0. The number of nitrogens with zero attached hydrogens (tertiary/aromatic N) is 1. The third kappa shape index (κ3) is 1.95. The van der Waals surface area contributed by atoms with Gasteiger partial charge >= 0.3 is 0 Å². The highest BCUT2D eigenvalue weighted by Crippen LogP contribution is 2.24. The molecule has 0 amide bonds. The number of fused-ring (bicyclic) bond motifs is 1. The highest BCUT2D eigenvalue weighted by atomic mass is 19.1. The minimum Gasteiger partial charge on any atom is -0.306 e. The second kappa shape index (κ2) is 4.48. The minimum absolute atomic E-state index is 0.274. The van der Waals surface area contributed by atoms with E-state index in [1.807, 2.05) is 0 Å². The van der Waals surface area contributed by atoms with Crippen molar-refractivity contribution in [2.24, 2.45) is 0 Å². The summed E-state index contributed by atoms with van der Waals surface area (Å²) in [5, 5.41) is 0.305. The molecule has 3 nitrogen and oxygen atoms in total. The zero-order chi connectivity index (χ0) is 14.3. The van der Waals surface area contributed by atoms with Gasteiger partial charge in [-0.25, -0.2) is 18.2 Å². The predicted molar refractivity (Wildman–Crippen MR) is 67.7 cm³/mol. The van der Waals surface area contributed by atoms with Gasteiger partial charge in [0.1, 0.15) is 23.3 Å². The maximum atomic E-state index is 13.7. The van der Waals surface area contributed by atoms with Gasteiger partial charge in [-0.3, -0.25) is 4.79 Å². The predicted octanol–water partition coefficient (Wildman–Crippen LogP) is 3.01. The number of nitrogens with one attached hydrogen (secondary N) is 1. The molecule has 1 aromatic heterocycles. The first-order valence-electron chi connectivity index (χ1n) is 5.70. The van der Waals surface area contributed by atoms with Crippen molar-refractivity contribution >= 4 is 10.9 Å². The number of benzene rings is 2. The molecule has 0 radical (unpaired) electrons. The molecule has 0 fully saturated rings. The average Bonchev–Trinajstić information content (AvgIpc) is 2.37. The maximum Gasteiger partial charge on any atom is 0.259 e. The smallest absolute Gasteiger partial charge is 0.259 e. The Kier molecular flexibility index (Phi) is 2.78. The third-order valence-electron chi connectivity index (χ3n) is 2.86. The van der Waals surface area contributed by atoms with E-state index in [4.69, 9.17) is 0 Å². The molecule has 0 aliphatic carbocycles. The average molecular weight is 276 g/mol. The van der Waals surface area contributed by atoms with Crippen molar-refractivity contribution < 1.29 is 13.2 Å². The van der Waals surface area contributed by atoms with Crippen molar-refractivity contribution in [2.45, 2.75) is 0 Å². The van der Waals surface area contributed by atoms with Crippen LogP contribution in [0.4, 0.5) is 13.2 Å². The summed E-state index contributed by atoms with van der Waals surface area (Å²) in [4.78, 5) is 18.1. The van der Waals surface area contributed by atoms with Crippen LogP contribution in [-0.2, 0) is 0 Å². The molecule has 2 aromatic carbocycles. The summed E-state index contributed by atoms with van der Waals surface area (Å²) in [7, 11) is 0. The molecule has 3 aromatic rings. The fourth-order valence-corrected chi connectivity index (χ4v) is 1.97. The molecule has 0 saturated heterocycles. The van der Waals surface area contributed by atoms with Gasteiger partial charge in [0.25, 0.3) is 5.56 Å². The van der Waals surface area contributed by atoms with Crippen LogP contribution in [0.25, 0.3) is 22.3 Å². The molecule has 100 valence electrons. The molecule has 0 aliphatic heterocycles. The van der Waals surface area contributed by atoms with E-state index in [0.29, 0.717) is 23.0 Å². The number of halogens is 3. The molecule has 0 saturated carbocycles. The van der Waals surface area contributed by atoms with Crippen LogP contribution in [-0.4, -0.2) is 9.97 Å². The van der Waals surface area contributed by atoms with Crippen molar-refractivity contribution in [1.29, 1.82) is 0 Å². The first-order valence-corrected chi connectivity index (χ1v) is 5.70. The largest absolute Gasteiger partial charge is 0.306 e. The lowest BCUT2D eigenvalue weighted by molar-refractivity contribution is 0.546. The lowest BCUT2D eigenvalue weighted by Crippen LogP contribution is -2.10. The van der Waals surface area contributed by atoms with E-state index >= 15 is 0 Å². The summed E-state index contributed by atoms with van der Waals surface area (Å²) in [5.41, 5.74) is -0.780. The lowest BCUT2D eigenvalue weighted by atomic mass is 10.1.